The molecule has 5 nitrogen and oxygen atoms in total. The number of carbonyl (C=O) groups is 1. The normalized spacial score (nSPS) is 18.5. The van der Waals surface area contributed by atoms with E-state index in [0.717, 1.165) is 29.4 Å². The number of hydrogen-bond donors (Lipinski definition) is 0. The van der Waals surface area contributed by atoms with Crippen LogP contribution in [0, 0.1) is 0 Å². The van der Waals surface area contributed by atoms with Crippen molar-refractivity contribution in [2.24, 2.45) is 0 Å². The van der Waals surface area contributed by atoms with Crippen LogP contribution in [-0.2, 0) is 16.1 Å². The molecular formula is C16H23BrN2O3. The Morgan fingerprint density at radius 1 is 1.45 bits per heavy atom. The summed E-state index contributed by atoms with van der Waals surface area (Å²) in [5, 5.41) is 0. The number of nitrogens with zero attached hydrogens (tertiary/aromatic N) is 2. The van der Waals surface area contributed by atoms with Gasteiger partial charge in [0.25, 0.3) is 0 Å². The summed E-state index contributed by atoms with van der Waals surface area (Å²) in [4.78, 5) is 18.1. The van der Waals surface area contributed by atoms with Crippen LogP contribution in [0.1, 0.15) is 39.2 Å². The van der Waals surface area contributed by atoms with Crippen LogP contribution in [0.15, 0.2) is 22.9 Å². The molecule has 0 aromatic carbocycles. The number of amides is 1. The van der Waals surface area contributed by atoms with E-state index in [-0.39, 0.29) is 12.1 Å². The Labute approximate surface area is 140 Å². The molecule has 6 heteroatoms. The first-order chi connectivity index (χ1) is 10.3. The summed E-state index contributed by atoms with van der Waals surface area (Å²) in [7, 11) is 0. The second-order valence-corrected chi connectivity index (χ2v) is 7.41. The minimum absolute atomic E-state index is 0.0926. The zero-order valence-electron chi connectivity index (χ0n) is 13.3. The maximum atomic E-state index is 12.2. The van der Waals surface area contributed by atoms with Gasteiger partial charge in [-0.05, 0) is 61.2 Å². The zero-order chi connectivity index (χ0) is 16.2. The lowest BCUT2D eigenvalue weighted by atomic mass is 10.2. The maximum absolute atomic E-state index is 12.2. The summed E-state index contributed by atoms with van der Waals surface area (Å²) in [6.07, 6.45) is 5.22. The lowest BCUT2D eigenvalue weighted by Crippen LogP contribution is -2.41. The number of likely N-dealkylation sites (tertiary alicyclic amines) is 1. The Morgan fingerprint density at radius 3 is 2.91 bits per heavy atom. The van der Waals surface area contributed by atoms with Gasteiger partial charge in [0.1, 0.15) is 5.60 Å². The molecule has 0 spiro atoms. The molecule has 1 amide bonds. The molecule has 1 aromatic rings. The second-order valence-electron chi connectivity index (χ2n) is 6.50. The van der Waals surface area contributed by atoms with E-state index in [1.54, 1.807) is 17.3 Å². The molecule has 2 rings (SSSR count). The van der Waals surface area contributed by atoms with Gasteiger partial charge >= 0.3 is 6.09 Å². The molecule has 0 radical (unpaired) electrons. The van der Waals surface area contributed by atoms with Crippen LogP contribution in [0.3, 0.4) is 0 Å². The van der Waals surface area contributed by atoms with E-state index in [0.29, 0.717) is 13.2 Å². The van der Waals surface area contributed by atoms with E-state index in [2.05, 4.69) is 20.9 Å². The van der Waals surface area contributed by atoms with E-state index in [1.807, 2.05) is 26.8 Å². The molecular weight excluding hydrogens is 348 g/mol. The Bertz CT molecular complexity index is 516. The van der Waals surface area contributed by atoms with Gasteiger partial charge in [-0.2, -0.15) is 0 Å². The molecule has 1 atom stereocenters. The van der Waals surface area contributed by atoms with E-state index in [9.17, 15) is 4.79 Å². The van der Waals surface area contributed by atoms with Gasteiger partial charge in [0.2, 0.25) is 0 Å². The number of hydrogen-bond acceptors (Lipinski definition) is 4. The number of pyridine rings is 1. The largest absolute Gasteiger partial charge is 0.444 e. The first-order valence-electron chi connectivity index (χ1n) is 7.52. The smallest absolute Gasteiger partial charge is 0.410 e. The highest BCUT2D eigenvalue weighted by Gasteiger charge is 2.32. The molecule has 0 unspecified atom stereocenters. The monoisotopic (exact) mass is 370 g/mol. The van der Waals surface area contributed by atoms with Gasteiger partial charge in [-0.3, -0.25) is 4.98 Å². The van der Waals surface area contributed by atoms with Crippen LogP contribution in [-0.4, -0.2) is 40.8 Å². The summed E-state index contributed by atoms with van der Waals surface area (Å²) < 4.78 is 12.1. The Kier molecular flexibility index (Phi) is 5.81. The van der Waals surface area contributed by atoms with Crippen molar-refractivity contribution in [3.63, 3.8) is 0 Å². The Balaban J connectivity index is 1.82. The van der Waals surface area contributed by atoms with Gasteiger partial charge in [-0.15, -0.1) is 0 Å². The van der Waals surface area contributed by atoms with Gasteiger partial charge in [-0.1, -0.05) is 0 Å². The van der Waals surface area contributed by atoms with Crippen molar-refractivity contribution in [3.8, 4) is 0 Å². The minimum atomic E-state index is -0.465. The minimum Gasteiger partial charge on any atom is -0.444 e. The van der Waals surface area contributed by atoms with E-state index >= 15 is 0 Å². The van der Waals surface area contributed by atoms with Crippen LogP contribution >= 0.6 is 15.9 Å². The van der Waals surface area contributed by atoms with Crippen molar-refractivity contribution in [3.05, 3.63) is 28.5 Å². The highest BCUT2D eigenvalue weighted by Crippen LogP contribution is 2.21. The average Bonchev–Trinajstić information content (AvgIpc) is 2.85. The molecule has 0 aliphatic carbocycles. The van der Waals surface area contributed by atoms with Crippen LogP contribution in [0.4, 0.5) is 4.79 Å². The third kappa shape index (κ3) is 5.25. The molecule has 1 fully saturated rings. The SMILES string of the molecule is CC(C)(C)OC(=O)N1CCC[C@H]1COCc1cncc(Br)c1. The fourth-order valence-electron chi connectivity index (χ4n) is 2.42. The third-order valence-electron chi connectivity index (χ3n) is 3.35. The Hall–Kier alpha value is -1.14. The van der Waals surface area contributed by atoms with Crippen LogP contribution in [0.25, 0.3) is 0 Å². The van der Waals surface area contributed by atoms with Crippen molar-refractivity contribution < 1.29 is 14.3 Å². The number of ether oxygens (including phenoxy) is 2. The Morgan fingerprint density at radius 2 is 2.23 bits per heavy atom. The molecule has 1 saturated heterocycles. The van der Waals surface area contributed by atoms with Gasteiger partial charge in [0.05, 0.1) is 19.3 Å². The van der Waals surface area contributed by atoms with Crippen molar-refractivity contribution in [1.29, 1.82) is 0 Å². The number of rotatable bonds is 4. The molecule has 0 bridgehead atoms. The molecule has 1 aliphatic heterocycles. The lowest BCUT2D eigenvalue weighted by Gasteiger charge is -2.28. The predicted octanol–water partition coefficient (Wildman–Crippen LogP) is 3.76. The summed E-state index contributed by atoms with van der Waals surface area (Å²) in [6, 6.07) is 2.07. The van der Waals surface area contributed by atoms with E-state index in [4.69, 9.17) is 9.47 Å². The van der Waals surface area contributed by atoms with Crippen molar-refractivity contribution in [2.75, 3.05) is 13.2 Å². The summed E-state index contributed by atoms with van der Waals surface area (Å²) in [6.45, 7) is 7.39. The zero-order valence-corrected chi connectivity index (χ0v) is 14.9. The number of aromatic nitrogens is 1. The summed E-state index contributed by atoms with van der Waals surface area (Å²) in [5.74, 6) is 0. The number of carbonyl (C=O) groups excluding carboxylic acids is 1. The lowest BCUT2D eigenvalue weighted by molar-refractivity contribution is 0.00880. The van der Waals surface area contributed by atoms with Crippen molar-refractivity contribution in [1.82, 2.24) is 9.88 Å². The van der Waals surface area contributed by atoms with Crippen LogP contribution in [0.5, 0.6) is 0 Å². The maximum Gasteiger partial charge on any atom is 0.410 e. The molecule has 122 valence electrons. The molecule has 0 N–H and O–H groups in total. The van der Waals surface area contributed by atoms with Gasteiger partial charge < -0.3 is 14.4 Å². The third-order valence-corrected chi connectivity index (χ3v) is 3.78. The standard InChI is InChI=1S/C16H23BrN2O3/c1-16(2,3)22-15(20)19-6-4-5-14(19)11-21-10-12-7-13(17)9-18-8-12/h7-9,14H,4-6,10-11H2,1-3H3/t14-/m0/s1. The average molecular weight is 371 g/mol. The second kappa shape index (κ2) is 7.42. The fourth-order valence-corrected chi connectivity index (χ4v) is 2.83. The first kappa shape index (κ1) is 17.2. The van der Waals surface area contributed by atoms with E-state index in [1.165, 1.54) is 0 Å². The van der Waals surface area contributed by atoms with Crippen LogP contribution in [0.2, 0.25) is 0 Å². The quantitative estimate of drug-likeness (QED) is 0.809. The topological polar surface area (TPSA) is 51.7 Å². The van der Waals surface area contributed by atoms with Gasteiger partial charge in [-0.25, -0.2) is 4.79 Å². The van der Waals surface area contributed by atoms with E-state index < -0.39 is 5.60 Å². The molecule has 22 heavy (non-hydrogen) atoms. The number of halogens is 1. The predicted molar refractivity (Wildman–Crippen MR) is 87.6 cm³/mol. The molecule has 0 saturated carbocycles. The highest BCUT2D eigenvalue weighted by molar-refractivity contribution is 9.10. The van der Waals surface area contributed by atoms with Crippen molar-refractivity contribution in [2.45, 2.75) is 51.9 Å². The summed E-state index contributed by atoms with van der Waals surface area (Å²) in [5.41, 5.74) is 0.545. The molecule has 1 aliphatic rings. The van der Waals surface area contributed by atoms with Gasteiger partial charge in [0, 0.05) is 23.4 Å². The summed E-state index contributed by atoms with van der Waals surface area (Å²) >= 11 is 3.39. The van der Waals surface area contributed by atoms with Crippen LogP contribution < -0.4 is 0 Å². The highest BCUT2D eigenvalue weighted by atomic mass is 79.9. The first-order valence-corrected chi connectivity index (χ1v) is 8.31. The molecule has 2 heterocycles. The molecule has 1 aromatic heterocycles. The van der Waals surface area contributed by atoms with Gasteiger partial charge in [0.15, 0.2) is 0 Å². The van der Waals surface area contributed by atoms with Crippen molar-refractivity contribution >= 4 is 22.0 Å². The fraction of sp³-hybridized carbons (Fsp3) is 0.625.